The first kappa shape index (κ1) is 16.6. The highest BCUT2D eigenvalue weighted by atomic mass is 16.5. The monoisotopic (exact) mass is 293 g/mol. The van der Waals surface area contributed by atoms with Gasteiger partial charge < -0.3 is 14.5 Å². The lowest BCUT2D eigenvalue weighted by Crippen LogP contribution is -2.56. The molecule has 0 aliphatic heterocycles. The normalized spacial score (nSPS) is 27.7. The fraction of sp³-hybridized carbons (Fsp3) is 0.778. The van der Waals surface area contributed by atoms with Gasteiger partial charge in [-0.15, -0.1) is 0 Å². The van der Waals surface area contributed by atoms with Gasteiger partial charge in [0.15, 0.2) is 0 Å². The van der Waals surface area contributed by atoms with Crippen LogP contribution in [0.2, 0.25) is 0 Å². The van der Waals surface area contributed by atoms with Crippen LogP contribution < -0.4 is 5.32 Å². The predicted molar refractivity (Wildman–Crippen MR) is 86.5 cm³/mol. The van der Waals surface area contributed by atoms with Gasteiger partial charge in [0, 0.05) is 12.6 Å². The summed E-state index contributed by atoms with van der Waals surface area (Å²) < 4.78 is 11.6. The fourth-order valence-corrected chi connectivity index (χ4v) is 3.79. The highest BCUT2D eigenvalue weighted by molar-refractivity contribution is 5.11. The lowest BCUT2D eigenvalue weighted by Gasteiger charge is -2.45. The number of hydrogen-bond donors (Lipinski definition) is 1. The fourth-order valence-electron chi connectivity index (χ4n) is 3.79. The molecule has 3 unspecified atom stereocenters. The zero-order valence-corrected chi connectivity index (χ0v) is 13.9. The maximum Gasteiger partial charge on any atom is 0.0935 e. The van der Waals surface area contributed by atoms with E-state index in [1.165, 1.54) is 31.2 Å². The third-order valence-electron chi connectivity index (χ3n) is 4.72. The Labute approximate surface area is 129 Å². The van der Waals surface area contributed by atoms with Gasteiger partial charge in [-0.1, -0.05) is 26.7 Å². The molecule has 1 N–H and O–H groups in total. The Morgan fingerprint density at radius 2 is 2.33 bits per heavy atom. The van der Waals surface area contributed by atoms with Crippen LogP contribution >= 0.6 is 0 Å². The number of rotatable bonds is 8. The van der Waals surface area contributed by atoms with E-state index in [-0.39, 0.29) is 5.60 Å². The molecule has 0 spiro atoms. The summed E-state index contributed by atoms with van der Waals surface area (Å²) in [4.78, 5) is 0. The standard InChI is InChI=1S/C18H31NO2/c1-4-10-19-17(12-16-8-11-20-14-16)18(21-5-2)9-6-7-15(3)13-18/h8,11,14-15,17,19H,4-7,9-10,12-13H2,1-3H3. The second-order valence-corrected chi connectivity index (χ2v) is 6.54. The van der Waals surface area contributed by atoms with Gasteiger partial charge in [-0.2, -0.15) is 0 Å². The van der Waals surface area contributed by atoms with E-state index >= 15 is 0 Å². The summed E-state index contributed by atoms with van der Waals surface area (Å²) in [5.74, 6) is 0.751. The van der Waals surface area contributed by atoms with E-state index in [1.54, 1.807) is 6.26 Å². The molecule has 3 heteroatoms. The van der Waals surface area contributed by atoms with Crippen LogP contribution in [0, 0.1) is 5.92 Å². The third-order valence-corrected chi connectivity index (χ3v) is 4.72. The van der Waals surface area contributed by atoms with Crippen molar-refractivity contribution in [3.05, 3.63) is 24.2 Å². The molecular weight excluding hydrogens is 262 g/mol. The van der Waals surface area contributed by atoms with Crippen molar-refractivity contribution < 1.29 is 9.15 Å². The van der Waals surface area contributed by atoms with Crippen LogP contribution in [0.5, 0.6) is 0 Å². The predicted octanol–water partition coefficient (Wildman–Crippen LogP) is 4.18. The van der Waals surface area contributed by atoms with Crippen molar-refractivity contribution in [2.45, 2.75) is 70.9 Å². The Morgan fingerprint density at radius 3 is 2.95 bits per heavy atom. The number of ether oxygens (including phenoxy) is 1. The lowest BCUT2D eigenvalue weighted by atomic mass is 9.73. The molecule has 1 aromatic rings. The van der Waals surface area contributed by atoms with Gasteiger partial charge >= 0.3 is 0 Å². The molecule has 0 saturated heterocycles. The van der Waals surface area contributed by atoms with Crippen molar-refractivity contribution in [1.82, 2.24) is 5.32 Å². The molecule has 0 amide bonds. The zero-order chi connectivity index (χ0) is 15.1. The first-order chi connectivity index (χ1) is 10.2. The van der Waals surface area contributed by atoms with Crippen molar-refractivity contribution in [3.63, 3.8) is 0 Å². The first-order valence-corrected chi connectivity index (χ1v) is 8.58. The quantitative estimate of drug-likeness (QED) is 0.781. The molecule has 0 aromatic carbocycles. The van der Waals surface area contributed by atoms with Crippen LogP contribution in [0.25, 0.3) is 0 Å². The van der Waals surface area contributed by atoms with Gasteiger partial charge in [0.1, 0.15) is 0 Å². The largest absolute Gasteiger partial charge is 0.472 e. The second kappa shape index (κ2) is 8.00. The molecule has 1 aliphatic rings. The van der Waals surface area contributed by atoms with Crippen molar-refractivity contribution in [2.75, 3.05) is 13.2 Å². The van der Waals surface area contributed by atoms with Crippen LogP contribution in [0.4, 0.5) is 0 Å². The molecule has 0 radical (unpaired) electrons. The van der Waals surface area contributed by atoms with E-state index in [2.05, 4.69) is 32.2 Å². The number of nitrogens with one attached hydrogen (secondary N) is 1. The Hall–Kier alpha value is -0.800. The van der Waals surface area contributed by atoms with E-state index < -0.39 is 0 Å². The van der Waals surface area contributed by atoms with E-state index in [9.17, 15) is 0 Å². The van der Waals surface area contributed by atoms with E-state index in [1.807, 2.05) is 6.26 Å². The topological polar surface area (TPSA) is 34.4 Å². The Bertz CT molecular complexity index is 386. The van der Waals surface area contributed by atoms with Gasteiger partial charge in [-0.25, -0.2) is 0 Å². The Morgan fingerprint density at radius 1 is 1.48 bits per heavy atom. The molecule has 1 aliphatic carbocycles. The molecule has 1 fully saturated rings. The van der Waals surface area contributed by atoms with E-state index in [4.69, 9.17) is 9.15 Å². The average Bonchev–Trinajstić information content (AvgIpc) is 2.96. The maximum atomic E-state index is 6.36. The summed E-state index contributed by atoms with van der Waals surface area (Å²) in [5, 5.41) is 3.76. The van der Waals surface area contributed by atoms with Gasteiger partial charge in [-0.05, 0) is 56.7 Å². The SMILES string of the molecule is CCCNC(Cc1ccoc1)C1(OCC)CCCC(C)C1. The minimum Gasteiger partial charge on any atom is -0.472 e. The summed E-state index contributed by atoms with van der Waals surface area (Å²) in [6, 6.07) is 2.45. The third kappa shape index (κ3) is 4.33. The maximum absolute atomic E-state index is 6.36. The van der Waals surface area contributed by atoms with Crippen LogP contribution in [0.3, 0.4) is 0 Å². The van der Waals surface area contributed by atoms with Gasteiger partial charge in [0.25, 0.3) is 0 Å². The molecule has 2 rings (SSSR count). The minimum atomic E-state index is -0.0150. The summed E-state index contributed by atoms with van der Waals surface area (Å²) in [7, 11) is 0. The highest BCUT2D eigenvalue weighted by Gasteiger charge is 2.42. The van der Waals surface area contributed by atoms with Gasteiger partial charge in [0.2, 0.25) is 0 Å². The smallest absolute Gasteiger partial charge is 0.0935 e. The van der Waals surface area contributed by atoms with Crippen molar-refractivity contribution in [3.8, 4) is 0 Å². The zero-order valence-electron chi connectivity index (χ0n) is 13.9. The molecule has 3 nitrogen and oxygen atoms in total. The molecule has 0 bridgehead atoms. The van der Waals surface area contributed by atoms with Crippen LogP contribution in [0.1, 0.15) is 58.4 Å². The van der Waals surface area contributed by atoms with Crippen molar-refractivity contribution >= 4 is 0 Å². The molecular formula is C18H31NO2. The Balaban J connectivity index is 2.16. The first-order valence-electron chi connectivity index (χ1n) is 8.58. The highest BCUT2D eigenvalue weighted by Crippen LogP contribution is 2.38. The van der Waals surface area contributed by atoms with Gasteiger partial charge in [-0.3, -0.25) is 0 Å². The average molecular weight is 293 g/mol. The summed E-state index contributed by atoms with van der Waals surface area (Å²) in [6.07, 6.45) is 10.7. The van der Waals surface area contributed by atoms with Crippen LogP contribution in [-0.4, -0.2) is 24.8 Å². The lowest BCUT2D eigenvalue weighted by molar-refractivity contribution is -0.100. The second-order valence-electron chi connectivity index (χ2n) is 6.54. The van der Waals surface area contributed by atoms with E-state index in [0.29, 0.717) is 6.04 Å². The van der Waals surface area contributed by atoms with Crippen molar-refractivity contribution in [1.29, 1.82) is 0 Å². The van der Waals surface area contributed by atoms with Crippen LogP contribution in [0.15, 0.2) is 23.0 Å². The molecule has 1 heterocycles. The molecule has 1 saturated carbocycles. The summed E-state index contributed by atoms with van der Waals surface area (Å²) >= 11 is 0. The van der Waals surface area contributed by atoms with Crippen LogP contribution in [-0.2, 0) is 11.2 Å². The molecule has 120 valence electrons. The number of furan rings is 1. The Kier molecular flexibility index (Phi) is 6.31. The minimum absolute atomic E-state index is 0.0150. The van der Waals surface area contributed by atoms with Gasteiger partial charge in [0.05, 0.1) is 18.1 Å². The summed E-state index contributed by atoms with van der Waals surface area (Å²) in [5.41, 5.74) is 1.25. The summed E-state index contributed by atoms with van der Waals surface area (Å²) in [6.45, 7) is 8.55. The molecule has 3 atom stereocenters. The molecule has 1 aromatic heterocycles. The van der Waals surface area contributed by atoms with E-state index in [0.717, 1.165) is 31.9 Å². The molecule has 21 heavy (non-hydrogen) atoms. The number of hydrogen-bond acceptors (Lipinski definition) is 3. The van der Waals surface area contributed by atoms with Crippen molar-refractivity contribution in [2.24, 2.45) is 5.92 Å².